The Morgan fingerprint density at radius 1 is 0.926 bits per heavy atom. The largest absolute Gasteiger partial charge is 0.481 e. The van der Waals surface area contributed by atoms with E-state index >= 15 is 0 Å². The van der Waals surface area contributed by atoms with Gasteiger partial charge < -0.3 is 10.4 Å². The van der Waals surface area contributed by atoms with E-state index in [2.05, 4.69) is 5.32 Å². The molecule has 0 atom stereocenters. The molecule has 2 aromatic rings. The second kappa shape index (κ2) is 9.09. The quantitative estimate of drug-likeness (QED) is 0.654. The van der Waals surface area contributed by atoms with Gasteiger partial charge in [0, 0.05) is 16.2 Å². The summed E-state index contributed by atoms with van der Waals surface area (Å²) >= 11 is 1.60. The van der Waals surface area contributed by atoms with Crippen LogP contribution in [-0.2, 0) is 9.59 Å². The minimum atomic E-state index is -0.815. The van der Waals surface area contributed by atoms with E-state index in [1.54, 1.807) is 11.8 Å². The number of benzene rings is 2. The highest BCUT2D eigenvalue weighted by Crippen LogP contribution is 2.43. The molecule has 0 unspecified atom stereocenters. The van der Waals surface area contributed by atoms with Crippen molar-refractivity contribution < 1.29 is 14.7 Å². The molecule has 5 heteroatoms. The smallest absolute Gasteiger partial charge is 0.303 e. The first kappa shape index (κ1) is 19.5. The number of carboxylic acids is 1. The Labute approximate surface area is 164 Å². The molecule has 3 rings (SSSR count). The lowest BCUT2D eigenvalue weighted by atomic mass is 9.69. The van der Waals surface area contributed by atoms with Crippen molar-refractivity contribution in [1.29, 1.82) is 0 Å². The van der Waals surface area contributed by atoms with Crippen molar-refractivity contribution in [3.8, 4) is 0 Å². The van der Waals surface area contributed by atoms with E-state index in [1.165, 1.54) is 0 Å². The highest BCUT2D eigenvalue weighted by Gasteiger charge is 2.36. The zero-order valence-corrected chi connectivity index (χ0v) is 16.1. The van der Waals surface area contributed by atoms with Crippen LogP contribution in [0.15, 0.2) is 64.4 Å². The molecule has 1 aliphatic rings. The number of carboxylic acid groups (broad SMARTS) is 1. The molecule has 0 bridgehead atoms. The summed E-state index contributed by atoms with van der Waals surface area (Å²) in [7, 11) is 0. The number of rotatable bonds is 7. The minimum absolute atomic E-state index is 0.0703. The molecule has 1 aliphatic carbocycles. The first-order chi connectivity index (χ1) is 13.1. The minimum Gasteiger partial charge on any atom is -0.481 e. The van der Waals surface area contributed by atoms with Gasteiger partial charge in [0.2, 0.25) is 5.91 Å². The van der Waals surface area contributed by atoms with Crippen LogP contribution in [0.1, 0.15) is 44.9 Å². The van der Waals surface area contributed by atoms with Gasteiger partial charge in [-0.3, -0.25) is 9.59 Å². The standard InChI is InChI=1S/C22H25NO3S/c24-20(15-22(16-21(25)26)13-7-2-8-14-22)23-18-11-5-6-12-19(18)27-17-9-3-1-4-10-17/h1,3-6,9-12H,2,7-8,13-16H2,(H,23,24)(H,25,26). The highest BCUT2D eigenvalue weighted by atomic mass is 32.2. The van der Waals surface area contributed by atoms with E-state index < -0.39 is 11.4 Å². The third-order valence-electron chi connectivity index (χ3n) is 5.11. The van der Waals surface area contributed by atoms with Crippen molar-refractivity contribution >= 4 is 29.3 Å². The number of nitrogens with one attached hydrogen (secondary N) is 1. The van der Waals surface area contributed by atoms with Gasteiger partial charge in [0.05, 0.1) is 12.1 Å². The summed E-state index contributed by atoms with van der Waals surface area (Å²) in [6, 6.07) is 17.8. The van der Waals surface area contributed by atoms with Gasteiger partial charge in [-0.05, 0) is 42.5 Å². The molecule has 0 spiro atoms. The fourth-order valence-electron chi connectivity index (χ4n) is 3.85. The Kier molecular flexibility index (Phi) is 6.56. The number of carbonyl (C=O) groups is 2. The molecule has 0 saturated heterocycles. The van der Waals surface area contributed by atoms with Crippen molar-refractivity contribution in [1.82, 2.24) is 0 Å². The molecule has 2 aromatic carbocycles. The average molecular weight is 384 g/mol. The van der Waals surface area contributed by atoms with Gasteiger partial charge >= 0.3 is 5.97 Å². The van der Waals surface area contributed by atoms with E-state index in [1.807, 2.05) is 54.6 Å². The van der Waals surface area contributed by atoms with E-state index in [0.29, 0.717) is 0 Å². The summed E-state index contributed by atoms with van der Waals surface area (Å²) in [5, 5.41) is 12.3. The lowest BCUT2D eigenvalue weighted by Gasteiger charge is -2.35. The van der Waals surface area contributed by atoms with Gasteiger partial charge in [0.15, 0.2) is 0 Å². The van der Waals surface area contributed by atoms with Crippen molar-refractivity contribution in [3.63, 3.8) is 0 Å². The van der Waals surface area contributed by atoms with Gasteiger partial charge in [0.25, 0.3) is 0 Å². The third-order valence-corrected chi connectivity index (χ3v) is 6.19. The molecule has 0 radical (unpaired) electrons. The van der Waals surface area contributed by atoms with Crippen molar-refractivity contribution in [2.45, 2.75) is 54.7 Å². The summed E-state index contributed by atoms with van der Waals surface area (Å²) < 4.78 is 0. The van der Waals surface area contributed by atoms with E-state index in [9.17, 15) is 14.7 Å². The first-order valence-electron chi connectivity index (χ1n) is 9.40. The van der Waals surface area contributed by atoms with Crippen LogP contribution in [0, 0.1) is 5.41 Å². The number of anilines is 1. The second-order valence-electron chi connectivity index (χ2n) is 7.27. The topological polar surface area (TPSA) is 66.4 Å². The van der Waals surface area contributed by atoms with E-state index in [-0.39, 0.29) is 18.7 Å². The van der Waals surface area contributed by atoms with Crippen LogP contribution in [-0.4, -0.2) is 17.0 Å². The van der Waals surface area contributed by atoms with Gasteiger partial charge in [-0.15, -0.1) is 0 Å². The highest BCUT2D eigenvalue weighted by molar-refractivity contribution is 7.99. The molecule has 0 heterocycles. The van der Waals surface area contributed by atoms with Crippen LogP contribution in [0.2, 0.25) is 0 Å². The normalized spacial score (nSPS) is 15.9. The fourth-order valence-corrected chi connectivity index (χ4v) is 4.77. The number of hydrogen-bond acceptors (Lipinski definition) is 3. The molecule has 2 N–H and O–H groups in total. The monoisotopic (exact) mass is 383 g/mol. The predicted octanol–water partition coefficient (Wildman–Crippen LogP) is 5.59. The summed E-state index contributed by atoms with van der Waals surface area (Å²) in [6.07, 6.45) is 5.09. The molecule has 142 valence electrons. The van der Waals surface area contributed by atoms with Crippen LogP contribution in [0.5, 0.6) is 0 Å². The molecule has 1 amide bonds. The van der Waals surface area contributed by atoms with Crippen LogP contribution in [0.25, 0.3) is 0 Å². The number of amides is 1. The predicted molar refractivity (Wildman–Crippen MR) is 108 cm³/mol. The first-order valence-corrected chi connectivity index (χ1v) is 10.2. The van der Waals surface area contributed by atoms with Crippen molar-refractivity contribution in [3.05, 3.63) is 54.6 Å². The van der Waals surface area contributed by atoms with E-state index in [4.69, 9.17) is 0 Å². The summed E-state index contributed by atoms with van der Waals surface area (Å²) in [5.74, 6) is -0.913. The molecule has 4 nitrogen and oxygen atoms in total. The Morgan fingerprint density at radius 2 is 1.59 bits per heavy atom. The molecular formula is C22H25NO3S. The molecular weight excluding hydrogens is 358 g/mol. The van der Waals surface area contributed by atoms with Crippen LogP contribution < -0.4 is 5.32 Å². The Balaban J connectivity index is 1.71. The Bertz CT molecular complexity index is 785. The maximum atomic E-state index is 12.8. The Hall–Kier alpha value is -2.27. The van der Waals surface area contributed by atoms with Crippen LogP contribution in [0.4, 0.5) is 5.69 Å². The van der Waals surface area contributed by atoms with Crippen LogP contribution in [0.3, 0.4) is 0 Å². The van der Waals surface area contributed by atoms with Crippen molar-refractivity contribution in [2.75, 3.05) is 5.32 Å². The van der Waals surface area contributed by atoms with Crippen LogP contribution >= 0.6 is 11.8 Å². The maximum absolute atomic E-state index is 12.8. The molecule has 0 aromatic heterocycles. The summed E-state index contributed by atoms with van der Waals surface area (Å²) in [6.45, 7) is 0. The van der Waals surface area contributed by atoms with E-state index in [0.717, 1.165) is 47.6 Å². The molecule has 1 saturated carbocycles. The fraction of sp³-hybridized carbons (Fsp3) is 0.364. The average Bonchev–Trinajstić information content (AvgIpc) is 2.64. The summed E-state index contributed by atoms with van der Waals surface area (Å²) in [4.78, 5) is 26.2. The number of carbonyl (C=O) groups excluding carboxylic acids is 1. The number of para-hydroxylation sites is 1. The lowest BCUT2D eigenvalue weighted by molar-refractivity contribution is -0.140. The Morgan fingerprint density at radius 3 is 2.30 bits per heavy atom. The van der Waals surface area contributed by atoms with Gasteiger partial charge in [0.1, 0.15) is 0 Å². The SMILES string of the molecule is O=C(O)CC1(CC(=O)Nc2ccccc2Sc2ccccc2)CCCCC1. The lowest BCUT2D eigenvalue weighted by Crippen LogP contribution is -2.32. The van der Waals surface area contributed by atoms with Gasteiger partial charge in [-0.1, -0.05) is 61.4 Å². The number of aliphatic carboxylic acids is 1. The second-order valence-corrected chi connectivity index (χ2v) is 8.38. The molecule has 0 aliphatic heterocycles. The molecule has 27 heavy (non-hydrogen) atoms. The summed E-state index contributed by atoms with van der Waals surface area (Å²) in [5.41, 5.74) is 0.369. The number of hydrogen-bond donors (Lipinski definition) is 2. The van der Waals surface area contributed by atoms with Crippen molar-refractivity contribution in [2.24, 2.45) is 5.41 Å². The zero-order valence-electron chi connectivity index (χ0n) is 15.3. The third kappa shape index (κ3) is 5.60. The molecule has 1 fully saturated rings. The van der Waals surface area contributed by atoms with Gasteiger partial charge in [-0.2, -0.15) is 0 Å². The zero-order chi connectivity index (χ0) is 19.1. The van der Waals surface area contributed by atoms with Gasteiger partial charge in [-0.25, -0.2) is 0 Å². The maximum Gasteiger partial charge on any atom is 0.303 e.